The molecular weight excluding hydrogens is 348 g/mol. The first-order chi connectivity index (χ1) is 13.7. The van der Waals surface area contributed by atoms with Gasteiger partial charge in [0.05, 0.1) is 5.70 Å². The van der Waals surface area contributed by atoms with Crippen molar-refractivity contribution < 1.29 is 8.83 Å². The van der Waals surface area contributed by atoms with Gasteiger partial charge in [-0.05, 0) is 32.3 Å². The molecule has 0 aromatic carbocycles. The SMILES string of the molecule is C/C=C\c1c(C)oc2c1C1=C(CC2)C2C=Cc3c(oc4c3C=CCC4)C2N1N. The third-order valence-corrected chi connectivity index (χ3v) is 6.65. The van der Waals surface area contributed by atoms with Crippen molar-refractivity contribution in [3.8, 4) is 0 Å². The van der Waals surface area contributed by atoms with Gasteiger partial charge in [-0.15, -0.1) is 0 Å². The number of nitrogens with two attached hydrogens (primary N) is 1. The van der Waals surface area contributed by atoms with Gasteiger partial charge >= 0.3 is 0 Å². The second kappa shape index (κ2) is 5.65. The predicted molar refractivity (Wildman–Crippen MR) is 111 cm³/mol. The number of fused-ring (bicyclic) bond motifs is 8. The predicted octanol–water partition coefficient (Wildman–Crippen LogP) is 5.40. The van der Waals surface area contributed by atoms with Gasteiger partial charge in [0.1, 0.15) is 29.1 Å². The van der Waals surface area contributed by atoms with Gasteiger partial charge in [-0.2, -0.15) is 0 Å². The van der Waals surface area contributed by atoms with E-state index in [4.69, 9.17) is 14.7 Å². The number of hydrogen-bond donors (Lipinski definition) is 1. The van der Waals surface area contributed by atoms with Crippen molar-refractivity contribution in [1.82, 2.24) is 5.01 Å². The molecule has 0 radical (unpaired) electrons. The molecule has 0 spiro atoms. The summed E-state index contributed by atoms with van der Waals surface area (Å²) in [7, 11) is 0. The number of hydrazine groups is 1. The molecule has 2 aromatic rings. The molecule has 2 atom stereocenters. The summed E-state index contributed by atoms with van der Waals surface area (Å²) in [6.45, 7) is 4.09. The fraction of sp³-hybridized carbons (Fsp3) is 0.333. The number of nitrogens with zero attached hydrogens (tertiary/aromatic N) is 1. The number of allylic oxidation sites excluding steroid dienone is 2. The van der Waals surface area contributed by atoms with E-state index in [1.54, 1.807) is 0 Å². The van der Waals surface area contributed by atoms with Crippen molar-refractivity contribution in [1.29, 1.82) is 0 Å². The van der Waals surface area contributed by atoms with Crippen LogP contribution in [-0.2, 0) is 12.8 Å². The standard InChI is InChI=1S/C24H24N2O2/c1-3-6-14-13(2)27-20-12-11-16-17-9-10-18-15-7-4-5-8-19(15)28-24(18)23(17)26(25)22(16)21(14)20/h3-4,6-7,9-10,17,23H,5,8,11-12,25H2,1-2H3/b6-3-. The van der Waals surface area contributed by atoms with Crippen molar-refractivity contribution in [3.05, 3.63) is 69.1 Å². The third kappa shape index (κ3) is 1.93. The van der Waals surface area contributed by atoms with Crippen LogP contribution in [0.3, 0.4) is 0 Å². The van der Waals surface area contributed by atoms with Crippen LogP contribution >= 0.6 is 0 Å². The normalized spacial score (nSPS) is 24.5. The molecule has 3 heterocycles. The first-order valence-electron chi connectivity index (χ1n) is 10.2. The highest BCUT2D eigenvalue weighted by molar-refractivity contribution is 5.83. The smallest absolute Gasteiger partial charge is 0.136 e. The molecule has 2 unspecified atom stereocenters. The Morgan fingerprint density at radius 2 is 2.00 bits per heavy atom. The van der Waals surface area contributed by atoms with E-state index in [-0.39, 0.29) is 12.0 Å². The molecule has 28 heavy (non-hydrogen) atoms. The Kier molecular flexibility index (Phi) is 3.28. The highest BCUT2D eigenvalue weighted by Crippen LogP contribution is 2.55. The monoisotopic (exact) mass is 372 g/mol. The Labute approximate surface area is 164 Å². The van der Waals surface area contributed by atoms with E-state index in [2.05, 4.69) is 36.5 Å². The van der Waals surface area contributed by atoms with Crippen LogP contribution in [0, 0.1) is 12.8 Å². The Morgan fingerprint density at radius 1 is 1.11 bits per heavy atom. The first-order valence-corrected chi connectivity index (χ1v) is 10.2. The summed E-state index contributed by atoms with van der Waals surface area (Å²) in [4.78, 5) is 0. The van der Waals surface area contributed by atoms with Crippen molar-refractivity contribution >= 4 is 23.9 Å². The summed E-state index contributed by atoms with van der Waals surface area (Å²) in [5.41, 5.74) is 7.34. The molecule has 0 bridgehead atoms. The Balaban J connectivity index is 1.52. The minimum atomic E-state index is 0.0311. The lowest BCUT2D eigenvalue weighted by atomic mass is 9.81. The van der Waals surface area contributed by atoms with Crippen LogP contribution in [0.1, 0.15) is 71.1 Å². The summed E-state index contributed by atoms with van der Waals surface area (Å²) in [5.74, 6) is 11.2. The van der Waals surface area contributed by atoms with E-state index >= 15 is 0 Å². The van der Waals surface area contributed by atoms with Gasteiger partial charge in [-0.1, -0.05) is 36.5 Å². The van der Waals surface area contributed by atoms with Crippen LogP contribution in [0.15, 0.2) is 32.6 Å². The molecule has 3 aliphatic carbocycles. The molecule has 6 rings (SSSR count). The van der Waals surface area contributed by atoms with Crippen LogP contribution in [0.25, 0.3) is 23.9 Å². The lowest BCUT2D eigenvalue weighted by Gasteiger charge is -2.28. The molecule has 1 aliphatic heterocycles. The van der Waals surface area contributed by atoms with Gasteiger partial charge in [-0.25, -0.2) is 5.84 Å². The topological polar surface area (TPSA) is 55.5 Å². The summed E-state index contributed by atoms with van der Waals surface area (Å²) >= 11 is 0. The fourth-order valence-corrected chi connectivity index (χ4v) is 5.48. The summed E-state index contributed by atoms with van der Waals surface area (Å²) in [5, 5.41) is 1.96. The van der Waals surface area contributed by atoms with Crippen molar-refractivity contribution in [2.45, 2.75) is 45.6 Å². The summed E-state index contributed by atoms with van der Waals surface area (Å²) in [6, 6.07) is 0.0311. The van der Waals surface area contributed by atoms with Crippen molar-refractivity contribution in [2.75, 3.05) is 0 Å². The Bertz CT molecular complexity index is 1120. The van der Waals surface area contributed by atoms with Gasteiger partial charge in [0.15, 0.2) is 0 Å². The summed E-state index contributed by atoms with van der Waals surface area (Å²) in [6.07, 6.45) is 17.2. The van der Waals surface area contributed by atoms with Crippen LogP contribution in [0.5, 0.6) is 0 Å². The molecule has 0 saturated carbocycles. The average Bonchev–Trinajstić information content (AvgIpc) is 3.32. The molecule has 0 fully saturated rings. The number of rotatable bonds is 1. The lowest BCUT2D eigenvalue weighted by Crippen LogP contribution is -2.33. The van der Waals surface area contributed by atoms with Crippen LogP contribution < -0.4 is 5.84 Å². The van der Waals surface area contributed by atoms with E-state index in [1.807, 2.05) is 18.9 Å². The van der Waals surface area contributed by atoms with E-state index in [0.29, 0.717) is 0 Å². The third-order valence-electron chi connectivity index (χ3n) is 6.65. The first kappa shape index (κ1) is 16.3. The zero-order chi connectivity index (χ0) is 19.0. The van der Waals surface area contributed by atoms with Gasteiger partial charge in [-0.3, -0.25) is 5.01 Å². The fourth-order valence-electron chi connectivity index (χ4n) is 5.48. The second-order valence-electron chi connectivity index (χ2n) is 8.14. The van der Waals surface area contributed by atoms with Crippen LogP contribution in [0.2, 0.25) is 0 Å². The largest absolute Gasteiger partial charge is 0.465 e. The molecule has 0 amide bonds. The maximum Gasteiger partial charge on any atom is 0.136 e. The summed E-state index contributed by atoms with van der Waals surface area (Å²) < 4.78 is 12.5. The number of aryl methyl sites for hydroxylation is 3. The highest BCUT2D eigenvalue weighted by atomic mass is 16.3. The minimum Gasteiger partial charge on any atom is -0.465 e. The second-order valence-corrected chi connectivity index (χ2v) is 8.14. The zero-order valence-electron chi connectivity index (χ0n) is 16.3. The van der Waals surface area contributed by atoms with Gasteiger partial charge in [0.2, 0.25) is 0 Å². The Morgan fingerprint density at radius 3 is 2.86 bits per heavy atom. The van der Waals surface area contributed by atoms with Crippen LogP contribution in [-0.4, -0.2) is 5.01 Å². The Hall–Kier alpha value is -2.72. The molecule has 2 N–H and O–H groups in total. The van der Waals surface area contributed by atoms with Crippen molar-refractivity contribution in [3.63, 3.8) is 0 Å². The number of hydrogen-bond acceptors (Lipinski definition) is 4. The maximum atomic E-state index is 6.80. The van der Waals surface area contributed by atoms with Gasteiger partial charge < -0.3 is 8.83 Å². The number of furan rings is 2. The van der Waals surface area contributed by atoms with Crippen molar-refractivity contribution in [2.24, 2.45) is 11.8 Å². The quantitative estimate of drug-likeness (QED) is 0.681. The van der Waals surface area contributed by atoms with E-state index in [1.165, 1.54) is 22.3 Å². The highest BCUT2D eigenvalue weighted by Gasteiger charge is 2.47. The molecule has 4 aliphatic rings. The van der Waals surface area contributed by atoms with E-state index in [9.17, 15) is 0 Å². The minimum absolute atomic E-state index is 0.0311. The lowest BCUT2D eigenvalue weighted by molar-refractivity contribution is 0.249. The maximum absolute atomic E-state index is 6.80. The van der Waals surface area contributed by atoms with E-state index in [0.717, 1.165) is 60.0 Å². The van der Waals surface area contributed by atoms with Gasteiger partial charge in [0.25, 0.3) is 0 Å². The molecule has 142 valence electrons. The molecule has 0 saturated heterocycles. The molecule has 4 nitrogen and oxygen atoms in total. The molecule has 4 heteroatoms. The molecular formula is C24H24N2O2. The molecule has 2 aromatic heterocycles. The zero-order valence-corrected chi connectivity index (χ0v) is 16.3. The van der Waals surface area contributed by atoms with E-state index < -0.39 is 0 Å². The average molecular weight is 372 g/mol. The van der Waals surface area contributed by atoms with Crippen LogP contribution in [0.4, 0.5) is 0 Å². The van der Waals surface area contributed by atoms with Gasteiger partial charge in [0, 0.05) is 41.0 Å².